The largest absolute Gasteiger partial charge is 0.453 e. The molecule has 2 fully saturated rings. The van der Waals surface area contributed by atoms with Gasteiger partial charge in [0.1, 0.15) is 0 Å². The summed E-state index contributed by atoms with van der Waals surface area (Å²) >= 11 is 0. The van der Waals surface area contributed by atoms with Crippen molar-refractivity contribution < 1.29 is 13.2 Å². The van der Waals surface area contributed by atoms with Crippen LogP contribution in [-0.4, -0.2) is 25.9 Å². The first kappa shape index (κ1) is 14.7. The average Bonchev–Trinajstić information content (AvgIpc) is 3.38. The molecule has 0 aromatic carbocycles. The van der Waals surface area contributed by atoms with Crippen molar-refractivity contribution in [1.82, 2.24) is 19.8 Å². The number of aryl methyl sites for hydroxylation is 1. The first-order chi connectivity index (χ1) is 10.9. The number of hydrogen-bond acceptors (Lipinski definition) is 4. The van der Waals surface area contributed by atoms with Crippen molar-refractivity contribution in [3.63, 3.8) is 0 Å². The topological polar surface area (TPSA) is 55.1 Å². The molecule has 0 atom stereocenters. The van der Waals surface area contributed by atoms with Crippen LogP contribution in [-0.2, 0) is 6.18 Å². The van der Waals surface area contributed by atoms with Crippen LogP contribution in [0.4, 0.5) is 19.0 Å². The van der Waals surface area contributed by atoms with Gasteiger partial charge in [0.2, 0.25) is 0 Å². The van der Waals surface area contributed by atoms with Crippen LogP contribution in [0.1, 0.15) is 42.6 Å². The molecule has 8 heteroatoms. The fraction of sp³-hybridized carbons (Fsp3) is 0.667. The third kappa shape index (κ3) is 2.53. The van der Waals surface area contributed by atoms with E-state index in [0.29, 0.717) is 29.3 Å². The Labute approximate surface area is 131 Å². The Kier molecular flexibility index (Phi) is 3.08. The first-order valence-corrected chi connectivity index (χ1v) is 7.92. The minimum absolute atomic E-state index is 0.162. The standard InChI is InChI=1S/C15H18F3N5/c1-7-8(2)13-20-21-14(15(16,17)18)23(13)22-12(7)19-11(9-3-4-9)10-5-6-10/h9-11H,3-6H2,1-2H3,(H,19,22). The first-order valence-electron chi connectivity index (χ1n) is 7.92. The quantitative estimate of drug-likeness (QED) is 0.936. The molecule has 23 heavy (non-hydrogen) atoms. The van der Waals surface area contributed by atoms with Gasteiger partial charge in [-0.05, 0) is 56.9 Å². The molecule has 124 valence electrons. The highest BCUT2D eigenvalue weighted by molar-refractivity contribution is 5.58. The SMILES string of the molecule is Cc1c(NC(C2CC2)C2CC2)nn2c(C(F)(F)F)nnc2c1C. The molecule has 0 bridgehead atoms. The minimum Gasteiger partial charge on any atom is -0.365 e. The zero-order valence-electron chi connectivity index (χ0n) is 13.0. The number of anilines is 1. The smallest absolute Gasteiger partial charge is 0.365 e. The highest BCUT2D eigenvalue weighted by Crippen LogP contribution is 2.46. The van der Waals surface area contributed by atoms with E-state index >= 15 is 0 Å². The molecule has 2 saturated carbocycles. The molecule has 4 rings (SSSR count). The number of rotatable bonds is 4. The normalized spacial score (nSPS) is 18.9. The molecular weight excluding hydrogens is 307 g/mol. The predicted molar refractivity (Wildman–Crippen MR) is 78.1 cm³/mol. The van der Waals surface area contributed by atoms with Gasteiger partial charge in [0.25, 0.3) is 5.82 Å². The summed E-state index contributed by atoms with van der Waals surface area (Å²) < 4.78 is 40.0. The zero-order chi connectivity index (χ0) is 16.4. The lowest BCUT2D eigenvalue weighted by molar-refractivity contribution is -0.146. The van der Waals surface area contributed by atoms with Crippen LogP contribution in [0, 0.1) is 25.7 Å². The molecule has 2 aromatic rings. The van der Waals surface area contributed by atoms with Crippen LogP contribution < -0.4 is 5.32 Å². The lowest BCUT2D eigenvalue weighted by Gasteiger charge is -2.20. The molecule has 2 aliphatic carbocycles. The van der Waals surface area contributed by atoms with E-state index in [1.807, 2.05) is 6.92 Å². The van der Waals surface area contributed by atoms with E-state index in [2.05, 4.69) is 20.6 Å². The second-order valence-corrected chi connectivity index (χ2v) is 6.70. The minimum atomic E-state index is -4.57. The van der Waals surface area contributed by atoms with Crippen molar-refractivity contribution in [2.24, 2.45) is 11.8 Å². The average molecular weight is 325 g/mol. The predicted octanol–water partition coefficient (Wildman–Crippen LogP) is 3.36. The maximum Gasteiger partial charge on any atom is 0.453 e. The van der Waals surface area contributed by atoms with Crippen molar-refractivity contribution in [3.8, 4) is 0 Å². The van der Waals surface area contributed by atoms with Gasteiger partial charge in [0.15, 0.2) is 11.5 Å². The van der Waals surface area contributed by atoms with Crippen molar-refractivity contribution in [2.75, 3.05) is 5.32 Å². The second-order valence-electron chi connectivity index (χ2n) is 6.70. The Balaban J connectivity index is 1.77. The van der Waals surface area contributed by atoms with Gasteiger partial charge in [-0.25, -0.2) is 0 Å². The lowest BCUT2D eigenvalue weighted by atomic mass is 10.1. The summed E-state index contributed by atoms with van der Waals surface area (Å²) in [6.45, 7) is 3.62. The molecular formula is C15H18F3N5. The van der Waals surface area contributed by atoms with Crippen molar-refractivity contribution in [2.45, 2.75) is 51.7 Å². The maximum absolute atomic E-state index is 13.1. The van der Waals surface area contributed by atoms with Gasteiger partial charge in [-0.2, -0.15) is 17.7 Å². The van der Waals surface area contributed by atoms with E-state index in [0.717, 1.165) is 10.1 Å². The summed E-state index contributed by atoms with van der Waals surface area (Å²) in [5, 5.41) is 14.5. The molecule has 1 N–H and O–H groups in total. The number of halogens is 3. The van der Waals surface area contributed by atoms with Gasteiger partial charge in [-0.1, -0.05) is 0 Å². The third-order valence-corrected chi connectivity index (χ3v) is 4.91. The fourth-order valence-electron chi connectivity index (χ4n) is 3.13. The van der Waals surface area contributed by atoms with E-state index in [1.165, 1.54) is 25.7 Å². The molecule has 0 aliphatic heterocycles. The summed E-state index contributed by atoms with van der Waals surface area (Å²) in [5.74, 6) is 0.697. The van der Waals surface area contributed by atoms with Gasteiger partial charge in [0, 0.05) is 11.6 Å². The van der Waals surface area contributed by atoms with Gasteiger partial charge in [-0.15, -0.1) is 15.3 Å². The summed E-state index contributed by atoms with van der Waals surface area (Å²) in [6.07, 6.45) is 0.186. The number of hydrogen-bond donors (Lipinski definition) is 1. The van der Waals surface area contributed by atoms with E-state index in [4.69, 9.17) is 0 Å². The molecule has 5 nitrogen and oxygen atoms in total. The van der Waals surface area contributed by atoms with Crippen LogP contribution in [0.5, 0.6) is 0 Å². The Hall–Kier alpha value is -1.86. The Bertz CT molecular complexity index is 747. The summed E-state index contributed by atoms with van der Waals surface area (Å²) in [7, 11) is 0. The van der Waals surface area contributed by atoms with Gasteiger partial charge in [0.05, 0.1) is 0 Å². The number of nitrogens with zero attached hydrogens (tertiary/aromatic N) is 4. The van der Waals surface area contributed by atoms with Crippen LogP contribution in [0.3, 0.4) is 0 Å². The Morgan fingerprint density at radius 2 is 1.65 bits per heavy atom. The molecule has 0 unspecified atom stereocenters. The van der Waals surface area contributed by atoms with Crippen molar-refractivity contribution >= 4 is 11.5 Å². The number of aromatic nitrogens is 4. The lowest BCUT2D eigenvalue weighted by Crippen LogP contribution is -2.26. The van der Waals surface area contributed by atoms with Crippen molar-refractivity contribution in [1.29, 1.82) is 0 Å². The van der Waals surface area contributed by atoms with Gasteiger partial charge < -0.3 is 5.32 Å². The number of alkyl halides is 3. The third-order valence-electron chi connectivity index (χ3n) is 4.91. The molecule has 0 saturated heterocycles. The van der Waals surface area contributed by atoms with Crippen LogP contribution in [0.15, 0.2) is 0 Å². The highest BCUT2D eigenvalue weighted by Gasteiger charge is 2.42. The highest BCUT2D eigenvalue weighted by atomic mass is 19.4. The van der Waals surface area contributed by atoms with E-state index in [-0.39, 0.29) is 5.65 Å². The summed E-state index contributed by atoms with van der Waals surface area (Å²) in [6, 6.07) is 0.323. The molecule has 0 spiro atoms. The molecule has 0 radical (unpaired) electrons. The van der Waals surface area contributed by atoms with Crippen LogP contribution in [0.25, 0.3) is 5.65 Å². The molecule has 0 amide bonds. The van der Waals surface area contributed by atoms with Crippen molar-refractivity contribution in [3.05, 3.63) is 17.0 Å². The van der Waals surface area contributed by atoms with E-state index in [1.54, 1.807) is 6.92 Å². The molecule has 2 aromatic heterocycles. The Morgan fingerprint density at radius 1 is 1.04 bits per heavy atom. The number of fused-ring (bicyclic) bond motifs is 1. The summed E-state index contributed by atoms with van der Waals surface area (Å²) in [4.78, 5) is 0. The second kappa shape index (κ2) is 4.82. The number of nitrogens with one attached hydrogen (secondary N) is 1. The maximum atomic E-state index is 13.1. The van der Waals surface area contributed by atoms with Gasteiger partial charge >= 0.3 is 6.18 Å². The molecule has 2 heterocycles. The fourth-order valence-corrected chi connectivity index (χ4v) is 3.13. The molecule has 2 aliphatic rings. The summed E-state index contributed by atoms with van der Waals surface area (Å²) in [5.41, 5.74) is 1.68. The zero-order valence-corrected chi connectivity index (χ0v) is 13.0. The monoisotopic (exact) mass is 325 g/mol. The van der Waals surface area contributed by atoms with Crippen LogP contribution >= 0.6 is 0 Å². The van der Waals surface area contributed by atoms with Crippen LogP contribution in [0.2, 0.25) is 0 Å². The van der Waals surface area contributed by atoms with E-state index < -0.39 is 12.0 Å². The Morgan fingerprint density at radius 3 is 2.17 bits per heavy atom. The van der Waals surface area contributed by atoms with Gasteiger partial charge in [-0.3, -0.25) is 0 Å². The van der Waals surface area contributed by atoms with E-state index in [9.17, 15) is 13.2 Å².